The summed E-state index contributed by atoms with van der Waals surface area (Å²) in [7, 11) is 0. The van der Waals surface area contributed by atoms with Crippen LogP contribution in [0.1, 0.15) is 40.5 Å². The van der Waals surface area contributed by atoms with Crippen molar-refractivity contribution in [3.63, 3.8) is 0 Å². The van der Waals surface area contributed by atoms with Gasteiger partial charge in [0.1, 0.15) is 0 Å². The number of hydrogen-bond donors (Lipinski definition) is 0. The molecule has 0 aliphatic carbocycles. The van der Waals surface area contributed by atoms with E-state index in [1.165, 1.54) is 0 Å². The molecular formula is C20H31ClN2O. The van der Waals surface area contributed by atoms with E-state index in [0.29, 0.717) is 17.7 Å². The van der Waals surface area contributed by atoms with Crippen LogP contribution in [0.2, 0.25) is 5.02 Å². The van der Waals surface area contributed by atoms with Gasteiger partial charge in [-0.1, -0.05) is 45.4 Å². The van der Waals surface area contributed by atoms with Crippen molar-refractivity contribution in [1.29, 1.82) is 0 Å². The molecule has 0 unspecified atom stereocenters. The van der Waals surface area contributed by atoms with Crippen LogP contribution in [0.25, 0.3) is 0 Å². The molecule has 0 spiro atoms. The van der Waals surface area contributed by atoms with Crippen molar-refractivity contribution in [2.24, 2.45) is 17.8 Å². The van der Waals surface area contributed by atoms with Gasteiger partial charge in [-0.2, -0.15) is 0 Å². The lowest BCUT2D eigenvalue weighted by molar-refractivity contribution is -0.137. The molecule has 0 atom stereocenters. The number of carbonyl (C=O) groups is 1. The highest BCUT2D eigenvalue weighted by Gasteiger charge is 2.29. The fourth-order valence-corrected chi connectivity index (χ4v) is 3.64. The number of piperidine rings is 1. The average Bonchev–Trinajstić information content (AvgIpc) is 2.53. The molecule has 4 heteroatoms. The smallest absolute Gasteiger partial charge is 0.225 e. The van der Waals surface area contributed by atoms with Crippen LogP contribution in [0.4, 0.5) is 5.69 Å². The number of rotatable bonds is 6. The standard InChI is InChI=1S/C20H31ClN2O/c1-15(2)13-23(14-16(3)4)20(24)17-8-10-22(11-9-17)19-7-5-6-18(21)12-19/h5-7,12,15-17H,8-11,13-14H2,1-4H3. The van der Waals surface area contributed by atoms with Crippen LogP contribution < -0.4 is 4.90 Å². The van der Waals surface area contributed by atoms with Crippen LogP contribution in [0.15, 0.2) is 24.3 Å². The van der Waals surface area contributed by atoms with Crippen molar-refractivity contribution in [2.75, 3.05) is 31.1 Å². The first-order chi connectivity index (χ1) is 11.4. The summed E-state index contributed by atoms with van der Waals surface area (Å²) in [5, 5.41) is 0.769. The molecule has 24 heavy (non-hydrogen) atoms. The van der Waals surface area contributed by atoms with Gasteiger partial charge in [0.2, 0.25) is 5.91 Å². The van der Waals surface area contributed by atoms with E-state index in [2.05, 4.69) is 43.6 Å². The molecule has 3 nitrogen and oxygen atoms in total. The molecular weight excluding hydrogens is 320 g/mol. The highest BCUT2D eigenvalue weighted by molar-refractivity contribution is 6.30. The molecule has 1 amide bonds. The van der Waals surface area contributed by atoms with Crippen LogP contribution in [0.5, 0.6) is 0 Å². The summed E-state index contributed by atoms with van der Waals surface area (Å²) < 4.78 is 0. The van der Waals surface area contributed by atoms with E-state index in [-0.39, 0.29) is 5.92 Å². The fourth-order valence-electron chi connectivity index (χ4n) is 3.45. The van der Waals surface area contributed by atoms with Crippen LogP contribution in [0, 0.1) is 17.8 Å². The van der Waals surface area contributed by atoms with Crippen molar-refractivity contribution >= 4 is 23.2 Å². The maximum absolute atomic E-state index is 13.0. The Labute approximate surface area is 152 Å². The molecule has 134 valence electrons. The van der Waals surface area contributed by atoms with Gasteiger partial charge in [0.05, 0.1) is 0 Å². The molecule has 1 heterocycles. The number of hydrogen-bond acceptors (Lipinski definition) is 2. The van der Waals surface area contributed by atoms with E-state index in [4.69, 9.17) is 11.6 Å². The van der Waals surface area contributed by atoms with E-state index >= 15 is 0 Å². The van der Waals surface area contributed by atoms with E-state index < -0.39 is 0 Å². The summed E-state index contributed by atoms with van der Waals surface area (Å²) in [5.41, 5.74) is 1.16. The first-order valence-corrected chi connectivity index (χ1v) is 9.54. The predicted octanol–water partition coefficient (Wildman–Crippen LogP) is 4.70. The van der Waals surface area contributed by atoms with Crippen LogP contribution >= 0.6 is 11.6 Å². The van der Waals surface area contributed by atoms with Crippen LogP contribution in [-0.4, -0.2) is 37.0 Å². The van der Waals surface area contributed by atoms with E-state index in [0.717, 1.165) is 49.7 Å². The zero-order valence-electron chi connectivity index (χ0n) is 15.5. The quantitative estimate of drug-likeness (QED) is 0.742. The third kappa shape index (κ3) is 5.41. The Morgan fingerprint density at radius 3 is 2.25 bits per heavy atom. The Morgan fingerprint density at radius 2 is 1.75 bits per heavy atom. The highest BCUT2D eigenvalue weighted by atomic mass is 35.5. The first-order valence-electron chi connectivity index (χ1n) is 9.16. The van der Waals surface area contributed by atoms with Gasteiger partial charge in [0.15, 0.2) is 0 Å². The number of anilines is 1. The van der Waals surface area contributed by atoms with Gasteiger partial charge in [0, 0.05) is 42.8 Å². The summed E-state index contributed by atoms with van der Waals surface area (Å²) in [6, 6.07) is 7.99. The number of benzene rings is 1. The van der Waals surface area contributed by atoms with Crippen molar-refractivity contribution in [3.05, 3.63) is 29.3 Å². The Balaban J connectivity index is 1.95. The molecule has 0 N–H and O–H groups in total. The predicted molar refractivity (Wildman–Crippen MR) is 103 cm³/mol. The fraction of sp³-hybridized carbons (Fsp3) is 0.650. The molecule has 1 aliphatic heterocycles. The maximum atomic E-state index is 13.0. The largest absolute Gasteiger partial charge is 0.371 e. The van der Waals surface area contributed by atoms with Gasteiger partial charge >= 0.3 is 0 Å². The van der Waals surface area contributed by atoms with Crippen molar-refractivity contribution < 1.29 is 4.79 Å². The van der Waals surface area contributed by atoms with E-state index in [9.17, 15) is 4.79 Å². The number of amides is 1. The van der Waals surface area contributed by atoms with E-state index in [1.54, 1.807) is 0 Å². The molecule has 1 aromatic carbocycles. The van der Waals surface area contributed by atoms with Gasteiger partial charge in [-0.25, -0.2) is 0 Å². The van der Waals surface area contributed by atoms with Gasteiger partial charge in [-0.15, -0.1) is 0 Å². The maximum Gasteiger partial charge on any atom is 0.225 e. The molecule has 1 aliphatic rings. The van der Waals surface area contributed by atoms with Gasteiger partial charge in [-0.3, -0.25) is 4.79 Å². The zero-order valence-corrected chi connectivity index (χ0v) is 16.2. The second-order valence-corrected chi connectivity index (χ2v) is 8.21. The number of carbonyl (C=O) groups excluding carboxylic acids is 1. The minimum atomic E-state index is 0.165. The number of nitrogens with zero attached hydrogens (tertiary/aromatic N) is 2. The monoisotopic (exact) mass is 350 g/mol. The first kappa shape index (κ1) is 19.1. The Morgan fingerprint density at radius 1 is 1.17 bits per heavy atom. The van der Waals surface area contributed by atoms with Crippen molar-refractivity contribution in [1.82, 2.24) is 4.90 Å². The Hall–Kier alpha value is -1.22. The topological polar surface area (TPSA) is 23.6 Å². The van der Waals surface area contributed by atoms with Crippen LogP contribution in [-0.2, 0) is 4.79 Å². The Bertz CT molecular complexity index is 526. The summed E-state index contributed by atoms with van der Waals surface area (Å²) in [6.07, 6.45) is 1.86. The SMILES string of the molecule is CC(C)CN(CC(C)C)C(=O)C1CCN(c2cccc(Cl)c2)CC1. The van der Waals surface area contributed by atoms with Gasteiger partial charge < -0.3 is 9.80 Å². The van der Waals surface area contributed by atoms with E-state index in [1.807, 2.05) is 18.2 Å². The molecule has 0 aromatic heterocycles. The molecule has 2 rings (SSSR count). The normalized spacial score (nSPS) is 16.0. The minimum absolute atomic E-state index is 0.165. The van der Waals surface area contributed by atoms with Gasteiger partial charge in [-0.05, 0) is 42.9 Å². The molecule has 1 saturated heterocycles. The average molecular weight is 351 g/mol. The summed E-state index contributed by atoms with van der Waals surface area (Å²) >= 11 is 6.09. The molecule has 1 aromatic rings. The summed E-state index contributed by atoms with van der Waals surface area (Å²) in [4.78, 5) is 17.4. The molecule has 0 bridgehead atoms. The zero-order chi connectivity index (χ0) is 17.7. The lowest BCUT2D eigenvalue weighted by atomic mass is 9.94. The summed E-state index contributed by atoms with van der Waals surface area (Å²) in [6.45, 7) is 12.3. The molecule has 1 fully saturated rings. The lowest BCUT2D eigenvalue weighted by Crippen LogP contribution is -2.45. The third-order valence-corrected chi connectivity index (χ3v) is 4.74. The minimum Gasteiger partial charge on any atom is -0.371 e. The van der Waals surface area contributed by atoms with Crippen molar-refractivity contribution in [3.8, 4) is 0 Å². The third-order valence-electron chi connectivity index (χ3n) is 4.50. The van der Waals surface area contributed by atoms with Crippen molar-refractivity contribution in [2.45, 2.75) is 40.5 Å². The Kier molecular flexibility index (Phi) is 6.97. The lowest BCUT2D eigenvalue weighted by Gasteiger charge is -2.36. The van der Waals surface area contributed by atoms with Gasteiger partial charge in [0.25, 0.3) is 0 Å². The second kappa shape index (κ2) is 8.75. The molecule has 0 radical (unpaired) electrons. The summed E-state index contributed by atoms with van der Waals surface area (Å²) in [5.74, 6) is 1.54. The number of halogens is 1. The molecule has 0 saturated carbocycles. The second-order valence-electron chi connectivity index (χ2n) is 7.77. The van der Waals surface area contributed by atoms with Crippen LogP contribution in [0.3, 0.4) is 0 Å². The highest BCUT2D eigenvalue weighted by Crippen LogP contribution is 2.27.